The van der Waals surface area contributed by atoms with Crippen molar-refractivity contribution in [2.75, 3.05) is 6.61 Å². The van der Waals surface area contributed by atoms with Crippen LogP contribution in [0.15, 0.2) is 18.2 Å². The fraction of sp³-hybridized carbons (Fsp3) is 0.500. The molecule has 1 saturated carbocycles. The Balaban J connectivity index is 2.04. The molecule has 1 amide bonds. The number of amides is 1. The first kappa shape index (κ1) is 15.4. The molecule has 0 saturated heterocycles. The first-order valence-electron chi connectivity index (χ1n) is 7.14. The maximum atomic E-state index is 12.3. The zero-order valence-electron chi connectivity index (χ0n) is 12.6. The van der Waals surface area contributed by atoms with Gasteiger partial charge in [-0.05, 0) is 44.7 Å². The van der Waals surface area contributed by atoms with Gasteiger partial charge < -0.3 is 14.7 Å². The Morgan fingerprint density at radius 2 is 1.90 bits per heavy atom. The second kappa shape index (κ2) is 6.16. The van der Waals surface area contributed by atoms with E-state index in [-0.39, 0.29) is 18.6 Å². The van der Waals surface area contributed by atoms with Crippen molar-refractivity contribution < 1.29 is 19.4 Å². The molecule has 1 atom stereocenters. The number of carbonyl (C=O) groups excluding carboxylic acids is 1. The summed E-state index contributed by atoms with van der Waals surface area (Å²) in [6.45, 7) is 5.26. The monoisotopic (exact) mass is 291 g/mol. The highest BCUT2D eigenvalue weighted by Crippen LogP contribution is 2.29. The van der Waals surface area contributed by atoms with Gasteiger partial charge >= 0.3 is 5.97 Å². The number of rotatable bonds is 6. The van der Waals surface area contributed by atoms with Crippen molar-refractivity contribution in [1.82, 2.24) is 4.90 Å². The normalized spacial score (nSPS) is 15.4. The van der Waals surface area contributed by atoms with Crippen molar-refractivity contribution in [2.24, 2.45) is 0 Å². The summed E-state index contributed by atoms with van der Waals surface area (Å²) in [6.07, 6.45) is 1.74. The number of carboxylic acids is 1. The summed E-state index contributed by atoms with van der Waals surface area (Å²) < 4.78 is 5.63. The molecule has 1 N–H and O–H groups in total. The van der Waals surface area contributed by atoms with Crippen molar-refractivity contribution in [3.05, 3.63) is 29.3 Å². The molecule has 114 valence electrons. The smallest absolute Gasteiger partial charge is 0.326 e. The summed E-state index contributed by atoms with van der Waals surface area (Å²) in [4.78, 5) is 24.9. The van der Waals surface area contributed by atoms with Crippen LogP contribution in [0.5, 0.6) is 5.75 Å². The summed E-state index contributed by atoms with van der Waals surface area (Å²) in [5.41, 5.74) is 1.93. The minimum atomic E-state index is -0.984. The number of carboxylic acid groups (broad SMARTS) is 1. The molecule has 1 fully saturated rings. The lowest BCUT2D eigenvalue weighted by atomic mass is 10.1. The van der Waals surface area contributed by atoms with E-state index in [1.54, 1.807) is 0 Å². The second-order valence-corrected chi connectivity index (χ2v) is 5.56. The van der Waals surface area contributed by atoms with Gasteiger partial charge in [-0.2, -0.15) is 0 Å². The summed E-state index contributed by atoms with van der Waals surface area (Å²) in [5, 5.41) is 9.12. The van der Waals surface area contributed by atoms with E-state index < -0.39 is 12.0 Å². The topological polar surface area (TPSA) is 66.8 Å². The molecular formula is C16H21NO4. The van der Waals surface area contributed by atoms with Crippen molar-refractivity contribution in [1.29, 1.82) is 0 Å². The van der Waals surface area contributed by atoms with E-state index in [2.05, 4.69) is 0 Å². The summed E-state index contributed by atoms with van der Waals surface area (Å²) in [7, 11) is 0. The Morgan fingerprint density at radius 3 is 2.38 bits per heavy atom. The highest BCUT2D eigenvalue weighted by atomic mass is 16.5. The zero-order chi connectivity index (χ0) is 15.6. The Morgan fingerprint density at radius 1 is 1.33 bits per heavy atom. The van der Waals surface area contributed by atoms with Crippen LogP contribution < -0.4 is 4.74 Å². The van der Waals surface area contributed by atoms with Crippen LogP contribution in [0.1, 0.15) is 30.9 Å². The quantitative estimate of drug-likeness (QED) is 0.872. The molecular weight excluding hydrogens is 270 g/mol. The average molecular weight is 291 g/mol. The number of carbonyl (C=O) groups is 2. The van der Waals surface area contributed by atoms with Crippen LogP contribution >= 0.6 is 0 Å². The van der Waals surface area contributed by atoms with Gasteiger partial charge in [0.15, 0.2) is 6.61 Å². The highest BCUT2D eigenvalue weighted by molar-refractivity contribution is 5.85. The van der Waals surface area contributed by atoms with E-state index in [9.17, 15) is 9.59 Å². The molecule has 0 heterocycles. The number of nitrogens with zero attached hydrogens (tertiary/aromatic N) is 1. The van der Waals surface area contributed by atoms with Crippen molar-refractivity contribution in [2.45, 2.75) is 45.7 Å². The Hall–Kier alpha value is -2.04. The SMILES string of the molecule is Cc1cccc(C)c1OCC(=O)N(C1CC1)C(C)C(=O)O. The number of benzene rings is 1. The lowest BCUT2D eigenvalue weighted by Gasteiger charge is -2.26. The van der Waals surface area contributed by atoms with Crippen LogP contribution in [0, 0.1) is 13.8 Å². The molecule has 5 nitrogen and oxygen atoms in total. The molecule has 0 radical (unpaired) electrons. The number of aliphatic carboxylic acids is 1. The molecule has 21 heavy (non-hydrogen) atoms. The minimum absolute atomic E-state index is 0.0465. The molecule has 2 rings (SSSR count). The number of ether oxygens (including phenoxy) is 1. The predicted octanol–water partition coefficient (Wildman–Crippen LogP) is 2.15. The summed E-state index contributed by atoms with van der Waals surface area (Å²) in [5.74, 6) is -0.554. The third-order valence-corrected chi connectivity index (χ3v) is 3.75. The Bertz CT molecular complexity index is 531. The summed E-state index contributed by atoms with van der Waals surface area (Å²) in [6, 6.07) is 5.01. The fourth-order valence-electron chi connectivity index (χ4n) is 2.44. The van der Waals surface area contributed by atoms with Crippen LogP contribution in [-0.4, -0.2) is 40.6 Å². The molecule has 0 aromatic heterocycles. The predicted molar refractivity (Wildman–Crippen MR) is 78.4 cm³/mol. The molecule has 1 aliphatic carbocycles. The van der Waals surface area contributed by atoms with Crippen molar-refractivity contribution >= 4 is 11.9 Å². The first-order chi connectivity index (χ1) is 9.91. The van der Waals surface area contributed by atoms with E-state index >= 15 is 0 Å². The third-order valence-electron chi connectivity index (χ3n) is 3.75. The first-order valence-corrected chi connectivity index (χ1v) is 7.14. The van der Waals surface area contributed by atoms with Crippen LogP contribution in [-0.2, 0) is 9.59 Å². The van der Waals surface area contributed by atoms with E-state index in [4.69, 9.17) is 9.84 Å². The highest BCUT2D eigenvalue weighted by Gasteiger charge is 2.38. The summed E-state index contributed by atoms with van der Waals surface area (Å²) >= 11 is 0. The lowest BCUT2D eigenvalue weighted by Crippen LogP contribution is -2.46. The van der Waals surface area contributed by atoms with E-state index in [1.165, 1.54) is 11.8 Å². The molecule has 0 bridgehead atoms. The molecule has 5 heteroatoms. The standard InChI is InChI=1S/C16H21NO4/c1-10-5-4-6-11(2)15(10)21-9-14(18)17(13-7-8-13)12(3)16(19)20/h4-6,12-13H,7-9H2,1-3H3,(H,19,20). The minimum Gasteiger partial charge on any atom is -0.483 e. The third kappa shape index (κ3) is 3.54. The van der Waals surface area contributed by atoms with Gasteiger partial charge in [-0.3, -0.25) is 4.79 Å². The lowest BCUT2D eigenvalue weighted by molar-refractivity contribution is -0.150. The van der Waals surface area contributed by atoms with Gasteiger partial charge in [0.1, 0.15) is 11.8 Å². The fourth-order valence-corrected chi connectivity index (χ4v) is 2.44. The van der Waals surface area contributed by atoms with Crippen LogP contribution in [0.3, 0.4) is 0 Å². The molecule has 0 spiro atoms. The number of hydrogen-bond donors (Lipinski definition) is 1. The molecule has 1 unspecified atom stereocenters. The number of para-hydroxylation sites is 1. The number of aryl methyl sites for hydroxylation is 2. The van der Waals surface area contributed by atoms with Crippen molar-refractivity contribution in [3.63, 3.8) is 0 Å². The Labute approximate surface area is 124 Å². The van der Waals surface area contributed by atoms with Gasteiger partial charge in [-0.1, -0.05) is 18.2 Å². The van der Waals surface area contributed by atoms with Crippen LogP contribution in [0.4, 0.5) is 0 Å². The van der Waals surface area contributed by atoms with E-state index in [1.807, 2.05) is 32.0 Å². The van der Waals surface area contributed by atoms with E-state index in [0.717, 1.165) is 24.0 Å². The zero-order valence-corrected chi connectivity index (χ0v) is 12.6. The molecule has 1 aromatic rings. The second-order valence-electron chi connectivity index (χ2n) is 5.56. The van der Waals surface area contributed by atoms with Gasteiger partial charge in [0.05, 0.1) is 0 Å². The van der Waals surface area contributed by atoms with Gasteiger partial charge in [0, 0.05) is 6.04 Å². The maximum Gasteiger partial charge on any atom is 0.326 e. The van der Waals surface area contributed by atoms with Crippen LogP contribution in [0.25, 0.3) is 0 Å². The van der Waals surface area contributed by atoms with Gasteiger partial charge in [0.25, 0.3) is 5.91 Å². The average Bonchev–Trinajstić information content (AvgIpc) is 3.22. The van der Waals surface area contributed by atoms with Gasteiger partial charge in [0.2, 0.25) is 0 Å². The van der Waals surface area contributed by atoms with Gasteiger partial charge in [-0.25, -0.2) is 4.79 Å². The molecule has 1 aromatic carbocycles. The maximum absolute atomic E-state index is 12.3. The van der Waals surface area contributed by atoms with E-state index in [0.29, 0.717) is 5.75 Å². The molecule has 0 aliphatic heterocycles. The number of hydrogen-bond acceptors (Lipinski definition) is 3. The largest absolute Gasteiger partial charge is 0.483 e. The Kier molecular flexibility index (Phi) is 4.50. The van der Waals surface area contributed by atoms with Gasteiger partial charge in [-0.15, -0.1) is 0 Å². The molecule has 1 aliphatic rings. The van der Waals surface area contributed by atoms with Crippen molar-refractivity contribution in [3.8, 4) is 5.75 Å². The van der Waals surface area contributed by atoms with Crippen LogP contribution in [0.2, 0.25) is 0 Å².